The maximum Gasteiger partial charge on any atom is 0.341 e. The molecule has 5 heteroatoms. The topological polar surface area (TPSA) is 55.4 Å². The predicted octanol–water partition coefficient (Wildman–Crippen LogP) is 4.06. The minimum Gasteiger partial charge on any atom is -0.462 e. The lowest BCUT2D eigenvalue weighted by molar-refractivity contribution is -0.116. The summed E-state index contributed by atoms with van der Waals surface area (Å²) in [5, 5.41) is 4.24. The van der Waals surface area contributed by atoms with Crippen LogP contribution in [-0.2, 0) is 9.53 Å². The number of thiophene rings is 1. The summed E-state index contributed by atoms with van der Waals surface area (Å²) < 4.78 is 6.07. The van der Waals surface area contributed by atoms with E-state index in [0.717, 1.165) is 10.1 Å². The van der Waals surface area contributed by atoms with Crippen molar-refractivity contribution >= 4 is 38.3 Å². The van der Waals surface area contributed by atoms with Crippen LogP contribution in [0.5, 0.6) is 0 Å². The maximum atomic E-state index is 12.2. The van der Waals surface area contributed by atoms with Crippen molar-refractivity contribution in [3.05, 3.63) is 29.8 Å². The van der Waals surface area contributed by atoms with Crippen LogP contribution in [0.15, 0.2) is 24.3 Å². The molecule has 0 atom stereocenters. The molecule has 0 aliphatic heterocycles. The number of hydrogen-bond acceptors (Lipinski definition) is 4. The van der Waals surface area contributed by atoms with Gasteiger partial charge in [-0.05, 0) is 18.9 Å². The highest BCUT2D eigenvalue weighted by atomic mass is 32.1. The van der Waals surface area contributed by atoms with Crippen LogP contribution in [0.3, 0.4) is 0 Å². The number of carbonyl (C=O) groups is 2. The summed E-state index contributed by atoms with van der Waals surface area (Å²) in [4.78, 5) is 24.2. The molecule has 1 N–H and O–H groups in total. The van der Waals surface area contributed by atoms with E-state index in [-0.39, 0.29) is 11.8 Å². The summed E-state index contributed by atoms with van der Waals surface area (Å²) in [7, 11) is 0. The first kappa shape index (κ1) is 15.5. The van der Waals surface area contributed by atoms with E-state index in [1.165, 1.54) is 11.3 Å². The maximum absolute atomic E-state index is 12.2. The van der Waals surface area contributed by atoms with Crippen molar-refractivity contribution in [2.75, 3.05) is 11.9 Å². The SMILES string of the molecule is CCOC(=O)c1c(NC(=O)CC(C)C)sc2ccccc12. The van der Waals surface area contributed by atoms with Crippen LogP contribution in [0.2, 0.25) is 0 Å². The van der Waals surface area contributed by atoms with Crippen molar-refractivity contribution in [3.8, 4) is 0 Å². The minimum atomic E-state index is -0.394. The molecule has 2 rings (SSSR count). The van der Waals surface area contributed by atoms with E-state index in [4.69, 9.17) is 4.74 Å². The molecule has 1 heterocycles. The van der Waals surface area contributed by atoms with E-state index in [0.29, 0.717) is 23.6 Å². The molecular formula is C16H19NO3S. The van der Waals surface area contributed by atoms with Gasteiger partial charge >= 0.3 is 5.97 Å². The molecule has 2 aromatic rings. The van der Waals surface area contributed by atoms with Crippen molar-refractivity contribution in [2.45, 2.75) is 27.2 Å². The molecule has 0 bridgehead atoms. The number of carbonyl (C=O) groups excluding carboxylic acids is 2. The van der Waals surface area contributed by atoms with Gasteiger partial charge < -0.3 is 10.1 Å². The van der Waals surface area contributed by atoms with E-state index in [9.17, 15) is 9.59 Å². The Balaban J connectivity index is 2.39. The fourth-order valence-electron chi connectivity index (χ4n) is 2.09. The number of anilines is 1. The third kappa shape index (κ3) is 3.61. The van der Waals surface area contributed by atoms with Gasteiger partial charge in [-0.3, -0.25) is 4.79 Å². The first-order valence-corrected chi connectivity index (χ1v) is 7.83. The zero-order valence-corrected chi connectivity index (χ0v) is 13.3. The fraction of sp³-hybridized carbons (Fsp3) is 0.375. The number of benzene rings is 1. The number of rotatable bonds is 5. The van der Waals surface area contributed by atoms with Crippen molar-refractivity contribution < 1.29 is 14.3 Å². The largest absolute Gasteiger partial charge is 0.462 e. The Morgan fingerprint density at radius 3 is 2.67 bits per heavy atom. The van der Waals surface area contributed by atoms with Gasteiger partial charge in [-0.15, -0.1) is 11.3 Å². The quantitative estimate of drug-likeness (QED) is 0.847. The number of nitrogens with one attached hydrogen (secondary N) is 1. The summed E-state index contributed by atoms with van der Waals surface area (Å²) in [6.07, 6.45) is 0.427. The molecule has 1 amide bonds. The van der Waals surface area contributed by atoms with Gasteiger partial charge in [0.1, 0.15) is 10.6 Å². The van der Waals surface area contributed by atoms with Crippen molar-refractivity contribution in [3.63, 3.8) is 0 Å². The fourth-order valence-corrected chi connectivity index (χ4v) is 3.19. The van der Waals surface area contributed by atoms with Crippen molar-refractivity contribution in [1.82, 2.24) is 0 Å². The number of ether oxygens (including phenoxy) is 1. The lowest BCUT2D eigenvalue weighted by Crippen LogP contribution is -2.15. The van der Waals surface area contributed by atoms with E-state index in [1.807, 2.05) is 38.1 Å². The van der Waals surface area contributed by atoms with Crippen LogP contribution in [0, 0.1) is 5.92 Å². The molecule has 0 saturated heterocycles. The minimum absolute atomic E-state index is 0.0814. The molecular weight excluding hydrogens is 286 g/mol. The number of fused-ring (bicyclic) bond motifs is 1. The molecule has 0 aliphatic rings. The first-order valence-electron chi connectivity index (χ1n) is 7.01. The Bertz CT molecular complexity index is 661. The van der Waals surface area contributed by atoms with Crippen molar-refractivity contribution in [2.24, 2.45) is 5.92 Å². The highest BCUT2D eigenvalue weighted by Crippen LogP contribution is 2.36. The van der Waals surface area contributed by atoms with Crippen LogP contribution in [-0.4, -0.2) is 18.5 Å². The van der Waals surface area contributed by atoms with E-state index in [1.54, 1.807) is 6.92 Å². The predicted molar refractivity (Wildman–Crippen MR) is 85.9 cm³/mol. The standard InChI is InChI=1S/C16H19NO3S/c1-4-20-16(19)14-11-7-5-6-8-12(11)21-15(14)17-13(18)9-10(2)3/h5-8,10H,4,9H2,1-3H3,(H,17,18). The summed E-state index contributed by atoms with van der Waals surface area (Å²) in [6.45, 7) is 6.04. The molecule has 0 aliphatic carbocycles. The number of esters is 1. The average molecular weight is 305 g/mol. The third-order valence-corrected chi connectivity index (χ3v) is 4.01. The molecule has 1 aromatic heterocycles. The summed E-state index contributed by atoms with van der Waals surface area (Å²) >= 11 is 1.40. The zero-order chi connectivity index (χ0) is 15.4. The lowest BCUT2D eigenvalue weighted by atomic mass is 10.1. The monoisotopic (exact) mass is 305 g/mol. The Hall–Kier alpha value is -1.88. The van der Waals surface area contributed by atoms with Gasteiger partial charge in [0.25, 0.3) is 0 Å². The van der Waals surface area contributed by atoms with Crippen LogP contribution in [0.1, 0.15) is 37.6 Å². The Morgan fingerprint density at radius 1 is 1.29 bits per heavy atom. The van der Waals surface area contributed by atoms with E-state index >= 15 is 0 Å². The van der Waals surface area contributed by atoms with Gasteiger partial charge in [-0.2, -0.15) is 0 Å². The molecule has 0 spiro atoms. The molecule has 0 unspecified atom stereocenters. The smallest absolute Gasteiger partial charge is 0.341 e. The van der Waals surface area contributed by atoms with Gasteiger partial charge in [0.05, 0.1) is 6.61 Å². The molecule has 0 fully saturated rings. The third-order valence-electron chi connectivity index (χ3n) is 2.92. The second-order valence-corrected chi connectivity index (χ2v) is 6.22. The highest BCUT2D eigenvalue weighted by molar-refractivity contribution is 7.23. The van der Waals surface area contributed by atoms with Crippen LogP contribution < -0.4 is 5.32 Å². The highest BCUT2D eigenvalue weighted by Gasteiger charge is 2.21. The first-order chi connectivity index (χ1) is 10.0. The Kier molecular flexibility index (Phi) is 4.96. The van der Waals surface area contributed by atoms with E-state index < -0.39 is 5.97 Å². The van der Waals surface area contributed by atoms with Crippen LogP contribution in [0.4, 0.5) is 5.00 Å². The van der Waals surface area contributed by atoms with Gasteiger partial charge in [-0.1, -0.05) is 32.0 Å². The normalized spacial score (nSPS) is 10.9. The lowest BCUT2D eigenvalue weighted by Gasteiger charge is -2.08. The van der Waals surface area contributed by atoms with Gasteiger partial charge in [0.2, 0.25) is 5.91 Å². The van der Waals surface area contributed by atoms with Crippen LogP contribution >= 0.6 is 11.3 Å². The Morgan fingerprint density at radius 2 is 2.00 bits per heavy atom. The Labute approximate surface area is 128 Å². The molecule has 0 saturated carbocycles. The van der Waals surface area contributed by atoms with Crippen LogP contribution in [0.25, 0.3) is 10.1 Å². The number of amides is 1. The number of hydrogen-bond donors (Lipinski definition) is 1. The molecule has 112 valence electrons. The van der Waals surface area contributed by atoms with Gasteiger partial charge in [0.15, 0.2) is 0 Å². The second-order valence-electron chi connectivity index (χ2n) is 5.17. The summed E-state index contributed by atoms with van der Waals surface area (Å²) in [5.74, 6) is -0.206. The summed E-state index contributed by atoms with van der Waals surface area (Å²) in [6, 6.07) is 7.59. The molecule has 4 nitrogen and oxygen atoms in total. The van der Waals surface area contributed by atoms with E-state index in [2.05, 4.69) is 5.32 Å². The van der Waals surface area contributed by atoms with Gasteiger partial charge in [-0.25, -0.2) is 4.79 Å². The summed E-state index contributed by atoms with van der Waals surface area (Å²) in [5.41, 5.74) is 0.453. The zero-order valence-electron chi connectivity index (χ0n) is 12.4. The molecule has 0 radical (unpaired) electrons. The van der Waals surface area contributed by atoms with Crippen molar-refractivity contribution in [1.29, 1.82) is 0 Å². The molecule has 21 heavy (non-hydrogen) atoms. The molecule has 1 aromatic carbocycles. The second kappa shape index (κ2) is 6.72. The average Bonchev–Trinajstić information content (AvgIpc) is 2.75. The van der Waals surface area contributed by atoms with Gasteiger partial charge in [0, 0.05) is 16.5 Å².